The monoisotopic (exact) mass is 382 g/mol. The van der Waals surface area contributed by atoms with E-state index in [0.717, 1.165) is 5.56 Å². The summed E-state index contributed by atoms with van der Waals surface area (Å²) in [5, 5.41) is 3.33. The predicted octanol–water partition coefficient (Wildman–Crippen LogP) is 3.81. The van der Waals surface area contributed by atoms with E-state index in [9.17, 15) is 17.4 Å². The maximum atomic E-state index is 12.6. The first-order valence-electron chi connectivity index (χ1n) is 7.34. The Labute approximate surface area is 147 Å². The molecule has 0 aliphatic rings. The molecule has 2 heterocycles. The van der Waals surface area contributed by atoms with Gasteiger partial charge in [0.15, 0.2) is 0 Å². The van der Waals surface area contributed by atoms with Crippen molar-refractivity contribution in [1.82, 2.24) is 15.1 Å². The average Bonchev–Trinajstić information content (AvgIpc) is 3.12. The topological polar surface area (TPSA) is 81.2 Å². The van der Waals surface area contributed by atoms with E-state index >= 15 is 0 Å². The van der Waals surface area contributed by atoms with Gasteiger partial charge in [-0.05, 0) is 17.7 Å². The number of pyridine rings is 1. The average molecular weight is 382 g/mol. The molecule has 1 unspecified atom stereocenters. The Hall–Kier alpha value is -2.75. The van der Waals surface area contributed by atoms with Gasteiger partial charge in [-0.1, -0.05) is 29.4 Å². The van der Waals surface area contributed by atoms with Gasteiger partial charge < -0.3 is 4.52 Å². The zero-order valence-electron chi connectivity index (χ0n) is 13.5. The van der Waals surface area contributed by atoms with Crippen LogP contribution in [0.1, 0.15) is 11.5 Å². The highest BCUT2D eigenvalue weighted by molar-refractivity contribution is 7.93. The van der Waals surface area contributed by atoms with Gasteiger partial charge in [-0.2, -0.15) is 18.2 Å². The standard InChI is InChI=1S/C16H13F3N4O2S/c1-26(24,13-3-2-8-20-10-13)21-9-11-4-6-12(7-5-11)14-22-15(25-23-14)16(17,18)19/h2-8,10H,9H2,1H3. The van der Waals surface area contributed by atoms with Gasteiger partial charge in [0.2, 0.25) is 5.82 Å². The zero-order valence-corrected chi connectivity index (χ0v) is 14.3. The first-order chi connectivity index (χ1) is 12.3. The largest absolute Gasteiger partial charge is 0.471 e. The van der Waals surface area contributed by atoms with Gasteiger partial charge in [0, 0.05) is 24.2 Å². The second-order valence-corrected chi connectivity index (χ2v) is 7.73. The van der Waals surface area contributed by atoms with Gasteiger partial charge in [0.1, 0.15) is 0 Å². The van der Waals surface area contributed by atoms with E-state index in [1.54, 1.807) is 42.6 Å². The van der Waals surface area contributed by atoms with Gasteiger partial charge in [0.05, 0.1) is 21.2 Å². The molecule has 0 radical (unpaired) electrons. The molecule has 0 aliphatic carbocycles. The minimum absolute atomic E-state index is 0.157. The molecule has 26 heavy (non-hydrogen) atoms. The molecule has 3 aromatic rings. The van der Waals surface area contributed by atoms with E-state index in [2.05, 4.69) is 24.0 Å². The Morgan fingerprint density at radius 1 is 1.19 bits per heavy atom. The zero-order chi connectivity index (χ0) is 18.8. The lowest BCUT2D eigenvalue weighted by Crippen LogP contribution is -2.04. The summed E-state index contributed by atoms with van der Waals surface area (Å²) in [5.74, 6) is -1.55. The number of benzene rings is 1. The molecule has 0 bridgehead atoms. The normalized spacial score (nSPS) is 14.0. The molecule has 1 atom stereocenters. The van der Waals surface area contributed by atoms with Crippen LogP contribution in [0.25, 0.3) is 11.4 Å². The third kappa shape index (κ3) is 4.07. The highest BCUT2D eigenvalue weighted by Crippen LogP contribution is 2.29. The maximum Gasteiger partial charge on any atom is 0.471 e. The Morgan fingerprint density at radius 2 is 1.92 bits per heavy atom. The van der Waals surface area contributed by atoms with E-state index in [0.29, 0.717) is 10.5 Å². The van der Waals surface area contributed by atoms with Gasteiger partial charge in [0.25, 0.3) is 0 Å². The summed E-state index contributed by atoms with van der Waals surface area (Å²) in [7, 11) is -2.59. The molecule has 6 nitrogen and oxygen atoms in total. The summed E-state index contributed by atoms with van der Waals surface area (Å²) in [6.07, 6.45) is -0.0720. The maximum absolute atomic E-state index is 12.6. The van der Waals surface area contributed by atoms with Crippen LogP contribution in [0, 0.1) is 0 Å². The number of aromatic nitrogens is 3. The van der Waals surface area contributed by atoms with Crippen LogP contribution >= 0.6 is 0 Å². The van der Waals surface area contributed by atoms with Crippen molar-refractivity contribution in [3.8, 4) is 11.4 Å². The molecule has 1 aromatic carbocycles. The molecule has 0 N–H and O–H groups in total. The lowest BCUT2D eigenvalue weighted by molar-refractivity contribution is -0.159. The van der Waals surface area contributed by atoms with Crippen molar-refractivity contribution in [2.75, 3.05) is 6.26 Å². The molecule has 0 fully saturated rings. The van der Waals surface area contributed by atoms with E-state index < -0.39 is 21.8 Å². The first kappa shape index (κ1) is 18.1. The summed E-state index contributed by atoms with van der Waals surface area (Å²) in [6, 6.07) is 9.79. The predicted molar refractivity (Wildman–Crippen MR) is 87.4 cm³/mol. The number of hydrogen-bond donors (Lipinski definition) is 0. The minimum atomic E-state index is -4.68. The van der Waals surface area contributed by atoms with Crippen LogP contribution in [0.15, 0.2) is 62.6 Å². The van der Waals surface area contributed by atoms with Crippen molar-refractivity contribution in [3.05, 3.63) is 60.2 Å². The van der Waals surface area contributed by atoms with E-state index in [1.807, 2.05) is 0 Å². The molecule has 3 rings (SSSR count). The Morgan fingerprint density at radius 3 is 2.50 bits per heavy atom. The number of hydrogen-bond acceptors (Lipinski definition) is 6. The third-order valence-electron chi connectivity index (χ3n) is 3.45. The third-order valence-corrected chi connectivity index (χ3v) is 5.18. The summed E-state index contributed by atoms with van der Waals surface area (Å²) < 4.78 is 58.5. The Kier molecular flexibility index (Phi) is 4.77. The van der Waals surface area contributed by atoms with Gasteiger partial charge in [-0.3, -0.25) is 4.98 Å². The van der Waals surface area contributed by atoms with Gasteiger partial charge >= 0.3 is 12.1 Å². The Bertz CT molecular complexity index is 1010. The fraction of sp³-hybridized carbons (Fsp3) is 0.188. The van der Waals surface area contributed by atoms with E-state index in [1.165, 1.54) is 12.5 Å². The highest BCUT2D eigenvalue weighted by atomic mass is 32.2. The van der Waals surface area contributed by atoms with Crippen LogP contribution in [-0.2, 0) is 22.5 Å². The van der Waals surface area contributed by atoms with Crippen LogP contribution in [0.2, 0.25) is 0 Å². The molecule has 136 valence electrons. The summed E-state index contributed by atoms with van der Waals surface area (Å²) in [5.41, 5.74) is 1.12. The van der Waals surface area contributed by atoms with Crippen molar-refractivity contribution in [2.24, 2.45) is 4.36 Å². The van der Waals surface area contributed by atoms with Crippen LogP contribution in [0.4, 0.5) is 13.2 Å². The molecule has 10 heteroatoms. The van der Waals surface area contributed by atoms with Crippen LogP contribution < -0.4 is 0 Å². The van der Waals surface area contributed by atoms with E-state index in [-0.39, 0.29) is 12.4 Å². The number of rotatable bonds is 4. The number of halogens is 3. The second-order valence-electron chi connectivity index (χ2n) is 5.40. The van der Waals surface area contributed by atoms with Crippen LogP contribution in [-0.4, -0.2) is 25.6 Å². The molecular weight excluding hydrogens is 369 g/mol. The molecule has 2 aromatic heterocycles. The highest BCUT2D eigenvalue weighted by Gasteiger charge is 2.38. The summed E-state index contributed by atoms with van der Waals surface area (Å²) >= 11 is 0. The SMILES string of the molecule is CS(=O)(=NCc1ccc(-c2noc(C(F)(F)F)n2)cc1)c1cccnc1. The molecule has 0 spiro atoms. The lowest BCUT2D eigenvalue weighted by Gasteiger charge is -2.04. The van der Waals surface area contributed by atoms with Crippen molar-refractivity contribution in [1.29, 1.82) is 0 Å². The minimum Gasteiger partial charge on any atom is -0.329 e. The van der Waals surface area contributed by atoms with Crippen LogP contribution in [0.3, 0.4) is 0 Å². The van der Waals surface area contributed by atoms with Crippen molar-refractivity contribution in [3.63, 3.8) is 0 Å². The fourth-order valence-corrected chi connectivity index (χ4v) is 3.19. The molecule has 0 saturated heterocycles. The second kappa shape index (κ2) is 6.87. The van der Waals surface area contributed by atoms with Crippen molar-refractivity contribution >= 4 is 9.73 Å². The quantitative estimate of drug-likeness (QED) is 0.685. The van der Waals surface area contributed by atoms with Crippen molar-refractivity contribution < 1.29 is 21.9 Å². The van der Waals surface area contributed by atoms with Crippen molar-refractivity contribution in [2.45, 2.75) is 17.6 Å². The molecule has 0 aliphatic heterocycles. The molecular formula is C16H13F3N4O2S. The summed E-state index contributed by atoms with van der Waals surface area (Å²) in [4.78, 5) is 7.79. The first-order valence-corrected chi connectivity index (χ1v) is 9.26. The lowest BCUT2D eigenvalue weighted by atomic mass is 10.1. The van der Waals surface area contributed by atoms with Gasteiger partial charge in [-0.15, -0.1) is 0 Å². The Balaban J connectivity index is 1.77. The number of alkyl halides is 3. The van der Waals surface area contributed by atoms with Gasteiger partial charge in [-0.25, -0.2) is 8.57 Å². The smallest absolute Gasteiger partial charge is 0.329 e. The summed E-state index contributed by atoms with van der Waals surface area (Å²) in [6.45, 7) is 0.185. The molecule has 0 amide bonds. The molecule has 0 saturated carbocycles. The van der Waals surface area contributed by atoms with Crippen LogP contribution in [0.5, 0.6) is 0 Å². The van der Waals surface area contributed by atoms with E-state index in [4.69, 9.17) is 0 Å². The fourth-order valence-electron chi connectivity index (χ4n) is 2.06. The number of nitrogens with zero attached hydrogens (tertiary/aromatic N) is 4.